The van der Waals surface area contributed by atoms with Crippen LogP contribution < -0.4 is 10.1 Å². The molecular formula is C22H25N3O3. The monoisotopic (exact) mass is 379 g/mol. The molecule has 146 valence electrons. The second-order valence-corrected chi connectivity index (χ2v) is 6.90. The summed E-state index contributed by atoms with van der Waals surface area (Å²) in [6.45, 7) is 3.65. The number of rotatable bonds is 6. The molecule has 2 N–H and O–H groups in total. The van der Waals surface area contributed by atoms with Gasteiger partial charge in [-0.3, -0.25) is 9.69 Å². The second kappa shape index (κ2) is 8.46. The van der Waals surface area contributed by atoms with E-state index in [1.807, 2.05) is 36.4 Å². The van der Waals surface area contributed by atoms with Crippen LogP contribution in [0.25, 0.3) is 10.9 Å². The number of aromatic nitrogens is 1. The van der Waals surface area contributed by atoms with Crippen LogP contribution in [0.1, 0.15) is 22.0 Å². The number of fused-ring (bicyclic) bond motifs is 1. The number of carbonyl (C=O) groups excluding carboxylic acids is 1. The number of ether oxygens (including phenoxy) is 2. The Morgan fingerprint density at radius 3 is 2.68 bits per heavy atom. The Hall–Kier alpha value is -2.83. The number of amides is 1. The van der Waals surface area contributed by atoms with Crippen molar-refractivity contribution in [1.29, 1.82) is 0 Å². The number of aromatic amines is 1. The van der Waals surface area contributed by atoms with E-state index in [9.17, 15) is 4.79 Å². The Morgan fingerprint density at radius 1 is 1.18 bits per heavy atom. The number of morpholine rings is 1. The maximum Gasteiger partial charge on any atom is 0.253 e. The Morgan fingerprint density at radius 2 is 1.93 bits per heavy atom. The van der Waals surface area contributed by atoms with Crippen LogP contribution in [0.3, 0.4) is 0 Å². The molecule has 1 atom stereocenters. The smallest absolute Gasteiger partial charge is 0.253 e. The third-order valence-corrected chi connectivity index (χ3v) is 5.28. The van der Waals surface area contributed by atoms with Gasteiger partial charge in [0.05, 0.1) is 31.9 Å². The van der Waals surface area contributed by atoms with Crippen molar-refractivity contribution in [2.24, 2.45) is 0 Å². The van der Waals surface area contributed by atoms with Crippen LogP contribution in [-0.2, 0) is 4.74 Å². The molecule has 1 amide bonds. The summed E-state index contributed by atoms with van der Waals surface area (Å²) in [5.74, 6) is 0.761. The average Bonchev–Trinajstić information content (AvgIpc) is 3.19. The number of benzene rings is 2. The zero-order valence-corrected chi connectivity index (χ0v) is 16.0. The Kier molecular flexibility index (Phi) is 5.60. The first-order valence-electron chi connectivity index (χ1n) is 9.56. The molecule has 4 rings (SSSR count). The van der Waals surface area contributed by atoms with Crippen LogP contribution in [0.4, 0.5) is 0 Å². The molecule has 1 aromatic heterocycles. The lowest BCUT2D eigenvalue weighted by Gasteiger charge is -2.35. The first-order chi connectivity index (χ1) is 13.8. The van der Waals surface area contributed by atoms with E-state index < -0.39 is 0 Å². The van der Waals surface area contributed by atoms with Gasteiger partial charge < -0.3 is 19.8 Å². The van der Waals surface area contributed by atoms with Crippen molar-refractivity contribution < 1.29 is 14.3 Å². The standard InChI is InChI=1S/C22H25N3O3/c1-27-17-8-6-16(7-9-17)21(25-10-12-28-13-11-25)15-24-22(26)19-14-23-20-5-3-2-4-18(19)20/h2-9,14,21,23H,10-13,15H2,1H3,(H,24,26). The van der Waals surface area contributed by atoms with Crippen LogP contribution in [0.15, 0.2) is 54.7 Å². The molecule has 3 aromatic rings. The normalized spacial score (nSPS) is 16.0. The molecule has 1 unspecified atom stereocenters. The van der Waals surface area contributed by atoms with Gasteiger partial charge in [-0.05, 0) is 23.8 Å². The highest BCUT2D eigenvalue weighted by molar-refractivity contribution is 6.06. The molecule has 1 saturated heterocycles. The summed E-state index contributed by atoms with van der Waals surface area (Å²) < 4.78 is 10.8. The molecule has 0 bridgehead atoms. The summed E-state index contributed by atoms with van der Waals surface area (Å²) in [5, 5.41) is 4.07. The van der Waals surface area contributed by atoms with E-state index in [1.165, 1.54) is 0 Å². The lowest BCUT2D eigenvalue weighted by atomic mass is 10.0. The first-order valence-corrected chi connectivity index (χ1v) is 9.56. The fourth-order valence-corrected chi connectivity index (χ4v) is 3.72. The number of para-hydroxylation sites is 1. The van der Waals surface area contributed by atoms with Crippen LogP contribution in [0.5, 0.6) is 5.75 Å². The first kappa shape index (κ1) is 18.5. The van der Waals surface area contributed by atoms with Gasteiger partial charge in [0.2, 0.25) is 0 Å². The summed E-state index contributed by atoms with van der Waals surface area (Å²) in [6, 6.07) is 16.0. The van der Waals surface area contributed by atoms with E-state index in [0.717, 1.165) is 35.3 Å². The Labute approximate surface area is 164 Å². The number of nitrogens with zero attached hydrogens (tertiary/aromatic N) is 1. The zero-order valence-electron chi connectivity index (χ0n) is 16.0. The van der Waals surface area contributed by atoms with Gasteiger partial charge in [0.1, 0.15) is 5.75 Å². The molecule has 0 spiro atoms. The van der Waals surface area contributed by atoms with Gasteiger partial charge >= 0.3 is 0 Å². The molecule has 0 radical (unpaired) electrons. The lowest BCUT2D eigenvalue weighted by Crippen LogP contribution is -2.43. The van der Waals surface area contributed by atoms with Crippen molar-refractivity contribution in [2.75, 3.05) is 40.0 Å². The quantitative estimate of drug-likeness (QED) is 0.691. The van der Waals surface area contributed by atoms with E-state index in [-0.39, 0.29) is 11.9 Å². The summed E-state index contributed by atoms with van der Waals surface area (Å²) in [7, 11) is 1.66. The summed E-state index contributed by atoms with van der Waals surface area (Å²) in [6.07, 6.45) is 1.77. The van der Waals surface area contributed by atoms with Crippen LogP contribution in [-0.4, -0.2) is 55.7 Å². The molecule has 1 aliphatic rings. The highest BCUT2D eigenvalue weighted by atomic mass is 16.5. The third-order valence-electron chi connectivity index (χ3n) is 5.28. The van der Waals surface area contributed by atoms with Gasteiger partial charge in [-0.25, -0.2) is 0 Å². The van der Waals surface area contributed by atoms with Crippen LogP contribution in [0.2, 0.25) is 0 Å². The number of H-pyrrole nitrogens is 1. The van der Waals surface area contributed by atoms with Gasteiger partial charge in [-0.15, -0.1) is 0 Å². The highest BCUT2D eigenvalue weighted by Crippen LogP contribution is 2.24. The summed E-state index contributed by atoms with van der Waals surface area (Å²) in [5.41, 5.74) is 2.79. The minimum atomic E-state index is -0.0655. The molecule has 0 saturated carbocycles. The van der Waals surface area contributed by atoms with E-state index in [2.05, 4.69) is 27.3 Å². The van der Waals surface area contributed by atoms with Crippen LogP contribution >= 0.6 is 0 Å². The highest BCUT2D eigenvalue weighted by Gasteiger charge is 2.24. The molecule has 2 heterocycles. The van der Waals surface area contributed by atoms with Gasteiger partial charge in [0.25, 0.3) is 5.91 Å². The Bertz CT molecular complexity index is 930. The molecular weight excluding hydrogens is 354 g/mol. The van der Waals surface area contributed by atoms with E-state index in [1.54, 1.807) is 13.3 Å². The summed E-state index contributed by atoms with van der Waals surface area (Å²) >= 11 is 0. The Balaban J connectivity index is 1.52. The van der Waals surface area contributed by atoms with Gasteiger partial charge in [-0.2, -0.15) is 0 Å². The maximum atomic E-state index is 12.8. The molecule has 2 aromatic carbocycles. The van der Waals surface area contributed by atoms with Gasteiger partial charge in [-0.1, -0.05) is 30.3 Å². The minimum absolute atomic E-state index is 0.0655. The molecule has 0 aliphatic carbocycles. The van der Waals surface area contributed by atoms with Gasteiger partial charge in [0.15, 0.2) is 0 Å². The molecule has 6 nitrogen and oxygen atoms in total. The van der Waals surface area contributed by atoms with Crippen molar-refractivity contribution in [3.8, 4) is 5.75 Å². The summed E-state index contributed by atoms with van der Waals surface area (Å²) in [4.78, 5) is 18.4. The van der Waals surface area contributed by atoms with E-state index in [0.29, 0.717) is 25.3 Å². The van der Waals surface area contributed by atoms with Crippen molar-refractivity contribution in [3.05, 3.63) is 65.9 Å². The van der Waals surface area contributed by atoms with Crippen molar-refractivity contribution >= 4 is 16.8 Å². The second-order valence-electron chi connectivity index (χ2n) is 6.90. The van der Waals surface area contributed by atoms with Gasteiger partial charge in [0, 0.05) is 36.7 Å². The SMILES string of the molecule is COc1ccc(C(CNC(=O)c2c[nH]c3ccccc23)N2CCOCC2)cc1. The minimum Gasteiger partial charge on any atom is -0.497 e. The predicted molar refractivity (Wildman–Crippen MR) is 109 cm³/mol. The average molecular weight is 379 g/mol. The van der Waals surface area contributed by atoms with E-state index >= 15 is 0 Å². The van der Waals surface area contributed by atoms with Crippen molar-refractivity contribution in [3.63, 3.8) is 0 Å². The van der Waals surface area contributed by atoms with Crippen molar-refractivity contribution in [2.45, 2.75) is 6.04 Å². The lowest BCUT2D eigenvalue weighted by molar-refractivity contribution is 0.0162. The maximum absolute atomic E-state index is 12.8. The molecule has 28 heavy (non-hydrogen) atoms. The zero-order chi connectivity index (χ0) is 19.3. The van der Waals surface area contributed by atoms with Crippen molar-refractivity contribution in [1.82, 2.24) is 15.2 Å². The number of methoxy groups -OCH3 is 1. The topological polar surface area (TPSA) is 66.6 Å². The number of hydrogen-bond acceptors (Lipinski definition) is 4. The predicted octanol–water partition coefficient (Wildman–Crippen LogP) is 2.98. The third kappa shape index (κ3) is 3.88. The molecule has 1 fully saturated rings. The number of carbonyl (C=O) groups is 1. The number of hydrogen-bond donors (Lipinski definition) is 2. The largest absolute Gasteiger partial charge is 0.497 e. The number of nitrogens with one attached hydrogen (secondary N) is 2. The molecule has 6 heteroatoms. The molecule has 1 aliphatic heterocycles. The fourth-order valence-electron chi connectivity index (χ4n) is 3.72. The van der Waals surface area contributed by atoms with E-state index in [4.69, 9.17) is 9.47 Å². The van der Waals surface area contributed by atoms with Crippen LogP contribution in [0, 0.1) is 0 Å². The fraction of sp³-hybridized carbons (Fsp3) is 0.318.